The van der Waals surface area contributed by atoms with E-state index >= 15 is 0 Å². The van der Waals surface area contributed by atoms with Gasteiger partial charge in [-0.05, 0) is 24.3 Å². The van der Waals surface area contributed by atoms with Crippen LogP contribution < -0.4 is 10.2 Å². The quantitative estimate of drug-likeness (QED) is 0.848. The average Bonchev–Trinajstić information content (AvgIpc) is 2.26. The monoisotopic (exact) mass is 270 g/mol. The van der Waals surface area contributed by atoms with Crippen LogP contribution in [0.4, 0.5) is 5.69 Å². The number of rotatable bonds is 4. The Hall–Kier alpha value is -1.03. The van der Waals surface area contributed by atoms with Crippen molar-refractivity contribution in [2.75, 3.05) is 30.9 Å². The van der Waals surface area contributed by atoms with E-state index < -0.39 is 0 Å². The molecule has 1 aromatic carbocycles. The van der Waals surface area contributed by atoms with Crippen LogP contribution in [0.5, 0.6) is 0 Å². The Morgan fingerprint density at radius 3 is 2.40 bits per heavy atom. The van der Waals surface area contributed by atoms with Crippen LogP contribution >= 0.6 is 15.9 Å². The molecule has 0 spiro atoms. The molecular weight excluding hydrogens is 256 g/mol. The molecule has 82 valence electrons. The first-order valence-corrected chi connectivity index (χ1v) is 5.89. The summed E-state index contributed by atoms with van der Waals surface area (Å²) in [7, 11) is 3.94. The van der Waals surface area contributed by atoms with Gasteiger partial charge in [0.05, 0.1) is 0 Å². The van der Waals surface area contributed by atoms with E-state index in [0.29, 0.717) is 12.1 Å². The van der Waals surface area contributed by atoms with Crippen molar-refractivity contribution in [2.24, 2.45) is 0 Å². The molecule has 0 saturated carbocycles. The van der Waals surface area contributed by atoms with Crippen LogP contribution in [0.15, 0.2) is 24.3 Å². The van der Waals surface area contributed by atoms with E-state index in [9.17, 15) is 4.79 Å². The van der Waals surface area contributed by atoms with Gasteiger partial charge in [0.15, 0.2) is 0 Å². The number of carbonyl (C=O) groups is 1. The van der Waals surface area contributed by atoms with E-state index in [0.717, 1.165) is 11.0 Å². The third-order valence-electron chi connectivity index (χ3n) is 2.03. The molecule has 3 nitrogen and oxygen atoms in total. The van der Waals surface area contributed by atoms with Crippen LogP contribution in [0.3, 0.4) is 0 Å². The number of hydrogen-bond acceptors (Lipinski definition) is 2. The molecule has 0 aromatic heterocycles. The third-order valence-corrected chi connectivity index (χ3v) is 2.42. The lowest BCUT2D eigenvalue weighted by Crippen LogP contribution is -2.25. The molecule has 0 heterocycles. The fourth-order valence-corrected chi connectivity index (χ4v) is 1.37. The first kappa shape index (κ1) is 12.0. The highest BCUT2D eigenvalue weighted by Gasteiger charge is 2.04. The highest BCUT2D eigenvalue weighted by molar-refractivity contribution is 9.09. The summed E-state index contributed by atoms with van der Waals surface area (Å²) in [6.07, 6.45) is 0. The number of hydrogen-bond donors (Lipinski definition) is 1. The van der Waals surface area contributed by atoms with Gasteiger partial charge in [-0.25, -0.2) is 0 Å². The Labute approximate surface area is 98.6 Å². The maximum absolute atomic E-state index is 11.5. The van der Waals surface area contributed by atoms with Crippen molar-refractivity contribution in [2.45, 2.75) is 0 Å². The molecular formula is C11H15BrN2O. The van der Waals surface area contributed by atoms with Gasteiger partial charge < -0.3 is 10.2 Å². The Morgan fingerprint density at radius 2 is 1.93 bits per heavy atom. The van der Waals surface area contributed by atoms with Gasteiger partial charge in [0, 0.05) is 37.2 Å². The van der Waals surface area contributed by atoms with Gasteiger partial charge in [-0.2, -0.15) is 0 Å². The highest BCUT2D eigenvalue weighted by Crippen LogP contribution is 2.11. The number of carbonyl (C=O) groups excluding carboxylic acids is 1. The second-order valence-electron chi connectivity index (χ2n) is 3.39. The van der Waals surface area contributed by atoms with Gasteiger partial charge >= 0.3 is 0 Å². The third kappa shape index (κ3) is 3.55. The lowest BCUT2D eigenvalue weighted by atomic mass is 10.2. The van der Waals surface area contributed by atoms with Crippen LogP contribution in [0, 0.1) is 0 Å². The molecule has 0 atom stereocenters. The van der Waals surface area contributed by atoms with E-state index in [1.807, 2.05) is 43.3 Å². The Bertz CT molecular complexity index is 322. The Kier molecular flexibility index (Phi) is 4.62. The molecule has 0 bridgehead atoms. The van der Waals surface area contributed by atoms with E-state index in [-0.39, 0.29) is 5.91 Å². The normalized spacial score (nSPS) is 9.80. The molecule has 15 heavy (non-hydrogen) atoms. The molecule has 0 aliphatic heterocycles. The summed E-state index contributed by atoms with van der Waals surface area (Å²) in [5, 5.41) is 3.57. The highest BCUT2D eigenvalue weighted by atomic mass is 79.9. The summed E-state index contributed by atoms with van der Waals surface area (Å²) in [5.74, 6) is -0.0280. The fraction of sp³-hybridized carbons (Fsp3) is 0.364. The zero-order chi connectivity index (χ0) is 11.3. The molecule has 1 N–H and O–H groups in total. The number of halogens is 1. The van der Waals surface area contributed by atoms with Gasteiger partial charge in [-0.3, -0.25) is 4.79 Å². The molecule has 4 heteroatoms. The smallest absolute Gasteiger partial charge is 0.251 e. The van der Waals surface area contributed by atoms with Crippen molar-refractivity contribution in [3.05, 3.63) is 29.8 Å². The first-order chi connectivity index (χ1) is 7.15. The minimum absolute atomic E-state index is 0.0280. The van der Waals surface area contributed by atoms with Gasteiger partial charge in [0.1, 0.15) is 0 Å². The topological polar surface area (TPSA) is 32.3 Å². The Morgan fingerprint density at radius 1 is 1.33 bits per heavy atom. The lowest BCUT2D eigenvalue weighted by molar-refractivity contribution is 0.0956. The van der Waals surface area contributed by atoms with Crippen LogP contribution in [-0.4, -0.2) is 31.9 Å². The summed E-state index contributed by atoms with van der Waals surface area (Å²) in [4.78, 5) is 13.5. The lowest BCUT2D eigenvalue weighted by Gasteiger charge is -2.12. The number of nitrogens with one attached hydrogen (secondary N) is 1. The molecule has 0 radical (unpaired) electrons. The number of anilines is 1. The summed E-state index contributed by atoms with van der Waals surface area (Å²) in [6.45, 7) is 0.647. The number of nitrogens with zero attached hydrogens (tertiary/aromatic N) is 1. The van der Waals surface area contributed by atoms with E-state index in [4.69, 9.17) is 0 Å². The minimum atomic E-state index is -0.0280. The van der Waals surface area contributed by atoms with Crippen molar-refractivity contribution in [1.82, 2.24) is 5.32 Å². The van der Waals surface area contributed by atoms with Gasteiger partial charge in [0.2, 0.25) is 0 Å². The maximum atomic E-state index is 11.5. The van der Waals surface area contributed by atoms with Crippen molar-refractivity contribution in [1.29, 1.82) is 0 Å². The second-order valence-corrected chi connectivity index (χ2v) is 4.18. The largest absolute Gasteiger partial charge is 0.378 e. The predicted molar refractivity (Wildman–Crippen MR) is 66.9 cm³/mol. The van der Waals surface area contributed by atoms with Crippen molar-refractivity contribution in [3.8, 4) is 0 Å². The van der Waals surface area contributed by atoms with Crippen LogP contribution in [-0.2, 0) is 0 Å². The SMILES string of the molecule is CN(C)c1ccc(C(=O)NCCBr)cc1. The molecule has 1 rings (SSSR count). The van der Waals surface area contributed by atoms with Crippen LogP contribution in [0.2, 0.25) is 0 Å². The molecule has 0 fully saturated rings. The van der Waals surface area contributed by atoms with Crippen molar-refractivity contribution >= 4 is 27.5 Å². The van der Waals surface area contributed by atoms with E-state index in [2.05, 4.69) is 21.2 Å². The molecule has 1 amide bonds. The zero-order valence-electron chi connectivity index (χ0n) is 8.96. The van der Waals surface area contributed by atoms with Crippen molar-refractivity contribution in [3.63, 3.8) is 0 Å². The van der Waals surface area contributed by atoms with Gasteiger partial charge in [-0.15, -0.1) is 0 Å². The Balaban J connectivity index is 2.67. The maximum Gasteiger partial charge on any atom is 0.251 e. The molecule has 0 aliphatic rings. The molecule has 0 aliphatic carbocycles. The number of benzene rings is 1. The molecule has 0 saturated heterocycles. The fourth-order valence-electron chi connectivity index (χ4n) is 1.17. The minimum Gasteiger partial charge on any atom is -0.378 e. The van der Waals surface area contributed by atoms with Crippen molar-refractivity contribution < 1.29 is 4.79 Å². The summed E-state index contributed by atoms with van der Waals surface area (Å²) < 4.78 is 0. The predicted octanol–water partition coefficient (Wildman–Crippen LogP) is 1.88. The second kappa shape index (κ2) is 5.75. The van der Waals surface area contributed by atoms with Gasteiger partial charge in [-0.1, -0.05) is 15.9 Å². The zero-order valence-corrected chi connectivity index (χ0v) is 10.5. The number of alkyl halides is 1. The summed E-state index contributed by atoms with van der Waals surface area (Å²) in [5.41, 5.74) is 1.79. The van der Waals surface area contributed by atoms with E-state index in [1.165, 1.54) is 0 Å². The van der Waals surface area contributed by atoms with Gasteiger partial charge in [0.25, 0.3) is 5.91 Å². The molecule has 0 unspecified atom stereocenters. The number of amides is 1. The van der Waals surface area contributed by atoms with Crippen LogP contribution in [0.1, 0.15) is 10.4 Å². The van der Waals surface area contributed by atoms with E-state index in [1.54, 1.807) is 0 Å². The summed E-state index contributed by atoms with van der Waals surface area (Å²) >= 11 is 3.26. The standard InChI is InChI=1S/C11H15BrN2O/c1-14(2)10-5-3-9(4-6-10)11(15)13-8-7-12/h3-6H,7-8H2,1-2H3,(H,13,15). The first-order valence-electron chi connectivity index (χ1n) is 4.76. The van der Waals surface area contributed by atoms with Crippen LogP contribution in [0.25, 0.3) is 0 Å². The molecule has 1 aromatic rings. The summed E-state index contributed by atoms with van der Waals surface area (Å²) in [6, 6.07) is 7.53. The average molecular weight is 271 g/mol.